The lowest BCUT2D eigenvalue weighted by Crippen LogP contribution is -2.30. The van der Waals surface area contributed by atoms with Crippen molar-refractivity contribution in [3.8, 4) is 0 Å². The van der Waals surface area contributed by atoms with Gasteiger partial charge in [0, 0.05) is 37.1 Å². The summed E-state index contributed by atoms with van der Waals surface area (Å²) in [7, 11) is 0. The second-order valence-corrected chi connectivity index (χ2v) is 8.78. The van der Waals surface area contributed by atoms with Gasteiger partial charge in [-0.15, -0.1) is 0 Å². The molecule has 2 unspecified atom stereocenters. The SMILES string of the molecule is CCOC(=O)C1CCN(C(=O)c2cnn3ccc(N4CCCC4c4cc(F)ccc4F)cc23)C1. The number of pyridine rings is 1. The molecule has 2 aliphatic heterocycles. The predicted octanol–water partition coefficient (Wildman–Crippen LogP) is 3.98. The summed E-state index contributed by atoms with van der Waals surface area (Å²) in [5, 5.41) is 4.31. The van der Waals surface area contributed by atoms with Crippen molar-refractivity contribution in [2.24, 2.45) is 5.92 Å². The molecule has 0 radical (unpaired) electrons. The molecule has 7 nitrogen and oxygen atoms in total. The minimum absolute atomic E-state index is 0.187. The molecule has 1 aromatic carbocycles. The molecule has 2 saturated heterocycles. The summed E-state index contributed by atoms with van der Waals surface area (Å²) >= 11 is 0. The highest BCUT2D eigenvalue weighted by Crippen LogP contribution is 2.38. The third-order valence-corrected chi connectivity index (χ3v) is 6.73. The first-order valence-corrected chi connectivity index (χ1v) is 11.6. The number of rotatable bonds is 5. The van der Waals surface area contributed by atoms with Crippen molar-refractivity contribution in [2.75, 3.05) is 31.1 Å². The Morgan fingerprint density at radius 2 is 2.00 bits per heavy atom. The van der Waals surface area contributed by atoms with Crippen molar-refractivity contribution in [1.82, 2.24) is 14.5 Å². The number of nitrogens with zero attached hydrogens (tertiary/aromatic N) is 4. The van der Waals surface area contributed by atoms with Crippen LogP contribution in [0, 0.1) is 17.6 Å². The van der Waals surface area contributed by atoms with Gasteiger partial charge >= 0.3 is 5.97 Å². The highest BCUT2D eigenvalue weighted by molar-refractivity contribution is 6.01. The summed E-state index contributed by atoms with van der Waals surface area (Å²) in [6.45, 7) is 3.58. The molecule has 4 heterocycles. The number of hydrogen-bond acceptors (Lipinski definition) is 5. The Hall–Kier alpha value is -3.49. The molecule has 2 atom stereocenters. The quantitative estimate of drug-likeness (QED) is 0.530. The van der Waals surface area contributed by atoms with Crippen LogP contribution in [0.25, 0.3) is 5.52 Å². The number of carbonyl (C=O) groups is 2. The summed E-state index contributed by atoms with van der Waals surface area (Å²) in [5.41, 5.74) is 2.23. The highest BCUT2D eigenvalue weighted by atomic mass is 19.1. The Balaban J connectivity index is 1.42. The summed E-state index contributed by atoms with van der Waals surface area (Å²) < 4.78 is 35.1. The van der Waals surface area contributed by atoms with Crippen molar-refractivity contribution in [3.63, 3.8) is 0 Å². The Kier molecular flexibility index (Phi) is 5.93. The molecule has 2 aliphatic rings. The van der Waals surface area contributed by atoms with Crippen molar-refractivity contribution < 1.29 is 23.1 Å². The zero-order valence-corrected chi connectivity index (χ0v) is 18.9. The van der Waals surface area contributed by atoms with Crippen LogP contribution in [-0.2, 0) is 9.53 Å². The first kappa shape index (κ1) is 22.3. The van der Waals surface area contributed by atoms with E-state index in [4.69, 9.17) is 4.74 Å². The smallest absolute Gasteiger partial charge is 0.310 e. The van der Waals surface area contributed by atoms with Crippen LogP contribution < -0.4 is 4.90 Å². The summed E-state index contributed by atoms with van der Waals surface area (Å²) in [4.78, 5) is 29.0. The van der Waals surface area contributed by atoms with E-state index in [2.05, 4.69) is 5.10 Å². The van der Waals surface area contributed by atoms with E-state index < -0.39 is 11.6 Å². The molecule has 9 heteroatoms. The van der Waals surface area contributed by atoms with Crippen molar-refractivity contribution >= 4 is 23.1 Å². The summed E-state index contributed by atoms with van der Waals surface area (Å²) in [6, 6.07) is 7.00. The molecule has 2 fully saturated rings. The van der Waals surface area contributed by atoms with E-state index in [0.717, 1.165) is 24.2 Å². The maximum atomic E-state index is 14.5. The standard InChI is InChI=1S/C25H26F2N4O3/c1-2-34-25(33)16-7-10-29(15-16)24(32)20-14-28-31-11-8-18(13-23(20)31)30-9-3-4-22(30)19-12-17(26)5-6-21(19)27/h5-6,8,11-14,16,22H,2-4,7,9-10,15H2,1H3. The number of halogens is 2. The van der Waals surface area contributed by atoms with Crippen LogP contribution >= 0.6 is 0 Å². The normalized spacial score (nSPS) is 20.3. The predicted molar refractivity (Wildman–Crippen MR) is 122 cm³/mol. The number of carbonyl (C=O) groups excluding carboxylic acids is 2. The molecule has 0 spiro atoms. The fourth-order valence-electron chi connectivity index (χ4n) is 5.05. The van der Waals surface area contributed by atoms with Gasteiger partial charge in [-0.2, -0.15) is 5.10 Å². The highest BCUT2D eigenvalue weighted by Gasteiger charge is 2.34. The molecule has 0 N–H and O–H groups in total. The van der Waals surface area contributed by atoms with Gasteiger partial charge in [0.25, 0.3) is 5.91 Å². The first-order chi connectivity index (χ1) is 16.5. The second-order valence-electron chi connectivity index (χ2n) is 8.78. The lowest BCUT2D eigenvalue weighted by atomic mass is 10.0. The van der Waals surface area contributed by atoms with Gasteiger partial charge in [0.15, 0.2) is 0 Å². The number of benzene rings is 1. The Labute approximate surface area is 195 Å². The van der Waals surface area contributed by atoms with Crippen molar-refractivity contribution in [2.45, 2.75) is 32.2 Å². The maximum absolute atomic E-state index is 14.5. The van der Waals surface area contributed by atoms with Gasteiger partial charge < -0.3 is 14.5 Å². The van der Waals surface area contributed by atoms with Crippen LogP contribution in [0.2, 0.25) is 0 Å². The molecule has 0 saturated carbocycles. The fraction of sp³-hybridized carbons (Fsp3) is 0.400. The summed E-state index contributed by atoms with van der Waals surface area (Å²) in [5.74, 6) is -1.66. The molecule has 0 bridgehead atoms. The fourth-order valence-corrected chi connectivity index (χ4v) is 5.05. The van der Waals surface area contributed by atoms with E-state index in [9.17, 15) is 18.4 Å². The van der Waals surface area contributed by atoms with E-state index in [0.29, 0.717) is 55.7 Å². The first-order valence-electron chi connectivity index (χ1n) is 11.6. The van der Waals surface area contributed by atoms with E-state index in [-0.39, 0.29) is 23.8 Å². The van der Waals surface area contributed by atoms with Crippen molar-refractivity contribution in [1.29, 1.82) is 0 Å². The van der Waals surface area contributed by atoms with Gasteiger partial charge in [-0.1, -0.05) is 0 Å². The van der Waals surface area contributed by atoms with E-state index in [1.54, 1.807) is 22.5 Å². The Bertz CT molecular complexity index is 1240. The molecular weight excluding hydrogens is 442 g/mol. The lowest BCUT2D eigenvalue weighted by Gasteiger charge is -2.27. The maximum Gasteiger partial charge on any atom is 0.310 e. The zero-order chi connectivity index (χ0) is 23.8. The van der Waals surface area contributed by atoms with Crippen LogP contribution in [0.1, 0.15) is 48.1 Å². The van der Waals surface area contributed by atoms with Crippen LogP contribution in [-0.4, -0.2) is 52.6 Å². The minimum atomic E-state index is -0.464. The Morgan fingerprint density at radius 3 is 2.82 bits per heavy atom. The number of fused-ring (bicyclic) bond motifs is 1. The van der Waals surface area contributed by atoms with E-state index in [1.807, 2.05) is 17.0 Å². The van der Waals surface area contributed by atoms with Crippen LogP contribution in [0.3, 0.4) is 0 Å². The number of esters is 1. The average Bonchev–Trinajstić information content (AvgIpc) is 3.59. The lowest BCUT2D eigenvalue weighted by molar-refractivity contribution is -0.147. The van der Waals surface area contributed by atoms with Gasteiger partial charge in [-0.25, -0.2) is 13.3 Å². The molecular formula is C25H26F2N4O3. The monoisotopic (exact) mass is 468 g/mol. The number of amides is 1. The average molecular weight is 469 g/mol. The van der Waals surface area contributed by atoms with Crippen LogP contribution in [0.15, 0.2) is 42.7 Å². The largest absolute Gasteiger partial charge is 0.466 e. The third-order valence-electron chi connectivity index (χ3n) is 6.73. The van der Waals surface area contributed by atoms with E-state index >= 15 is 0 Å². The number of likely N-dealkylation sites (tertiary alicyclic amines) is 1. The van der Waals surface area contributed by atoms with Gasteiger partial charge in [0.2, 0.25) is 0 Å². The molecule has 2 aromatic heterocycles. The van der Waals surface area contributed by atoms with Crippen molar-refractivity contribution in [3.05, 3.63) is 65.5 Å². The molecule has 0 aliphatic carbocycles. The minimum Gasteiger partial charge on any atom is -0.466 e. The summed E-state index contributed by atoms with van der Waals surface area (Å²) in [6.07, 6.45) is 5.43. The Morgan fingerprint density at radius 1 is 1.15 bits per heavy atom. The van der Waals surface area contributed by atoms with Crippen LogP contribution in [0.5, 0.6) is 0 Å². The van der Waals surface area contributed by atoms with Gasteiger partial charge in [-0.05, 0) is 56.5 Å². The third kappa shape index (κ3) is 3.99. The van der Waals surface area contributed by atoms with Gasteiger partial charge in [0.1, 0.15) is 11.6 Å². The molecule has 3 aromatic rings. The number of anilines is 1. The van der Waals surface area contributed by atoms with Gasteiger partial charge in [0.05, 0.1) is 35.8 Å². The molecule has 1 amide bonds. The molecule has 5 rings (SSSR count). The molecule has 34 heavy (non-hydrogen) atoms. The second kappa shape index (κ2) is 9.04. The molecule has 178 valence electrons. The number of hydrogen-bond donors (Lipinski definition) is 0. The number of aromatic nitrogens is 2. The van der Waals surface area contributed by atoms with E-state index in [1.165, 1.54) is 12.3 Å². The zero-order valence-electron chi connectivity index (χ0n) is 18.9. The van der Waals surface area contributed by atoms with Crippen LogP contribution in [0.4, 0.5) is 14.5 Å². The number of ether oxygens (including phenoxy) is 1. The topological polar surface area (TPSA) is 67.1 Å². The van der Waals surface area contributed by atoms with Gasteiger partial charge in [-0.3, -0.25) is 9.59 Å².